The van der Waals surface area contributed by atoms with Crippen LogP contribution in [-0.2, 0) is 9.53 Å². The lowest BCUT2D eigenvalue weighted by Crippen LogP contribution is -2.37. The van der Waals surface area contributed by atoms with Crippen LogP contribution in [0.4, 0.5) is 11.4 Å². The first-order valence-electron chi connectivity index (χ1n) is 7.93. The number of amides is 1. The standard InChI is InChI=1S/C18H18Cl2N2O3/c19-13-5-6-14(20)17(11-13)25-12-18(23)21-15-3-1-2-4-16(15)22-7-9-24-10-8-22/h1-6,11H,7-10,12H2,(H,21,23). The lowest BCUT2D eigenvalue weighted by Gasteiger charge is -2.30. The van der Waals surface area contributed by atoms with Crippen LogP contribution in [0.15, 0.2) is 42.5 Å². The molecule has 0 aliphatic carbocycles. The van der Waals surface area contributed by atoms with Gasteiger partial charge in [-0.25, -0.2) is 0 Å². The molecular formula is C18H18Cl2N2O3. The lowest BCUT2D eigenvalue weighted by atomic mass is 10.2. The van der Waals surface area contributed by atoms with E-state index in [9.17, 15) is 4.79 Å². The van der Waals surface area contributed by atoms with Crippen LogP contribution in [0, 0.1) is 0 Å². The third kappa shape index (κ3) is 4.78. The molecule has 3 rings (SSSR count). The molecule has 1 saturated heterocycles. The fraction of sp³-hybridized carbons (Fsp3) is 0.278. The summed E-state index contributed by atoms with van der Waals surface area (Å²) in [5.41, 5.74) is 1.72. The minimum Gasteiger partial charge on any atom is -0.482 e. The minimum absolute atomic E-state index is 0.155. The Hall–Kier alpha value is -1.95. The number of nitrogens with one attached hydrogen (secondary N) is 1. The molecule has 0 atom stereocenters. The van der Waals surface area contributed by atoms with Gasteiger partial charge in [-0.15, -0.1) is 0 Å². The molecule has 1 aliphatic heterocycles. The highest BCUT2D eigenvalue weighted by molar-refractivity contribution is 6.34. The van der Waals surface area contributed by atoms with Gasteiger partial charge in [-0.1, -0.05) is 35.3 Å². The van der Waals surface area contributed by atoms with Crippen molar-refractivity contribution in [3.8, 4) is 5.75 Å². The van der Waals surface area contributed by atoms with Crippen LogP contribution in [0.5, 0.6) is 5.75 Å². The van der Waals surface area contributed by atoms with Crippen LogP contribution in [0.3, 0.4) is 0 Å². The van der Waals surface area contributed by atoms with Gasteiger partial charge in [-0.05, 0) is 24.3 Å². The van der Waals surface area contributed by atoms with Crippen LogP contribution in [-0.4, -0.2) is 38.8 Å². The number of carbonyl (C=O) groups is 1. The third-order valence-corrected chi connectivity index (χ3v) is 4.33. The Morgan fingerprint density at radius 2 is 1.92 bits per heavy atom. The molecule has 132 valence electrons. The summed E-state index contributed by atoms with van der Waals surface area (Å²) in [6, 6.07) is 12.6. The van der Waals surface area contributed by atoms with E-state index in [2.05, 4.69) is 10.2 Å². The summed E-state index contributed by atoms with van der Waals surface area (Å²) >= 11 is 11.9. The average Bonchev–Trinajstić information content (AvgIpc) is 2.64. The van der Waals surface area contributed by atoms with Crippen molar-refractivity contribution < 1.29 is 14.3 Å². The second kappa shape index (κ2) is 8.43. The van der Waals surface area contributed by atoms with Crippen LogP contribution >= 0.6 is 23.2 Å². The van der Waals surface area contributed by atoms with Crippen LogP contribution in [0.2, 0.25) is 10.0 Å². The zero-order valence-electron chi connectivity index (χ0n) is 13.5. The fourth-order valence-corrected chi connectivity index (χ4v) is 2.91. The number of hydrogen-bond donors (Lipinski definition) is 1. The fourth-order valence-electron chi connectivity index (χ4n) is 2.58. The summed E-state index contributed by atoms with van der Waals surface area (Å²) in [5, 5.41) is 3.80. The molecule has 2 aromatic carbocycles. The molecule has 0 bridgehead atoms. The van der Waals surface area contributed by atoms with E-state index in [1.807, 2.05) is 24.3 Å². The summed E-state index contributed by atoms with van der Waals surface area (Å²) in [7, 11) is 0. The number of ether oxygens (including phenoxy) is 2. The van der Waals surface area contributed by atoms with Gasteiger partial charge in [0.2, 0.25) is 0 Å². The molecule has 0 saturated carbocycles. The average molecular weight is 381 g/mol. The normalized spacial score (nSPS) is 14.2. The topological polar surface area (TPSA) is 50.8 Å². The van der Waals surface area contributed by atoms with Crippen molar-refractivity contribution >= 4 is 40.5 Å². The van der Waals surface area contributed by atoms with Gasteiger partial charge < -0.3 is 19.7 Å². The maximum atomic E-state index is 12.3. The van der Waals surface area contributed by atoms with E-state index in [0.717, 1.165) is 24.5 Å². The van der Waals surface area contributed by atoms with E-state index >= 15 is 0 Å². The first-order chi connectivity index (χ1) is 12.1. The zero-order valence-corrected chi connectivity index (χ0v) is 15.0. The Balaban J connectivity index is 1.64. The van der Waals surface area contributed by atoms with Crippen molar-refractivity contribution in [2.24, 2.45) is 0 Å². The van der Waals surface area contributed by atoms with Gasteiger partial charge in [-0.3, -0.25) is 4.79 Å². The molecule has 0 radical (unpaired) electrons. The van der Waals surface area contributed by atoms with Crippen molar-refractivity contribution in [1.82, 2.24) is 0 Å². The molecule has 0 aromatic heterocycles. The number of hydrogen-bond acceptors (Lipinski definition) is 4. The number of halogens is 2. The maximum Gasteiger partial charge on any atom is 0.262 e. The minimum atomic E-state index is -0.267. The van der Waals surface area contributed by atoms with E-state index in [-0.39, 0.29) is 12.5 Å². The zero-order chi connectivity index (χ0) is 17.6. The Morgan fingerprint density at radius 1 is 1.16 bits per heavy atom. The molecule has 5 nitrogen and oxygen atoms in total. The van der Waals surface area contributed by atoms with Crippen molar-refractivity contribution in [2.45, 2.75) is 0 Å². The predicted octanol–water partition coefficient (Wildman–Crippen LogP) is 3.85. The third-order valence-electron chi connectivity index (χ3n) is 3.78. The molecule has 1 amide bonds. The number of rotatable bonds is 5. The Kier molecular flexibility index (Phi) is 6.02. The molecule has 1 fully saturated rings. The largest absolute Gasteiger partial charge is 0.482 e. The van der Waals surface area contributed by atoms with E-state index in [1.54, 1.807) is 18.2 Å². The van der Waals surface area contributed by atoms with E-state index < -0.39 is 0 Å². The van der Waals surface area contributed by atoms with Crippen LogP contribution < -0.4 is 15.0 Å². The smallest absolute Gasteiger partial charge is 0.262 e. The van der Waals surface area contributed by atoms with Crippen LogP contribution in [0.25, 0.3) is 0 Å². The molecular weight excluding hydrogens is 363 g/mol. The van der Waals surface area contributed by atoms with Crippen molar-refractivity contribution in [2.75, 3.05) is 43.1 Å². The Morgan fingerprint density at radius 3 is 2.72 bits per heavy atom. The molecule has 0 spiro atoms. The number of morpholine rings is 1. The van der Waals surface area contributed by atoms with Gasteiger partial charge in [0, 0.05) is 24.2 Å². The number of nitrogens with zero attached hydrogens (tertiary/aromatic N) is 1. The van der Waals surface area contributed by atoms with Gasteiger partial charge in [-0.2, -0.15) is 0 Å². The lowest BCUT2D eigenvalue weighted by molar-refractivity contribution is -0.118. The highest BCUT2D eigenvalue weighted by Gasteiger charge is 2.16. The summed E-state index contributed by atoms with van der Waals surface area (Å²) in [6.07, 6.45) is 0. The number of anilines is 2. The van der Waals surface area contributed by atoms with Gasteiger partial charge >= 0.3 is 0 Å². The predicted molar refractivity (Wildman–Crippen MR) is 100 cm³/mol. The Labute approximate surface area is 156 Å². The summed E-state index contributed by atoms with van der Waals surface area (Å²) in [6.45, 7) is 2.79. The SMILES string of the molecule is O=C(COc1cc(Cl)ccc1Cl)Nc1ccccc1N1CCOCC1. The first kappa shape index (κ1) is 17.9. The van der Waals surface area contributed by atoms with Gasteiger partial charge in [0.1, 0.15) is 5.75 Å². The van der Waals surface area contributed by atoms with E-state index in [0.29, 0.717) is 29.0 Å². The van der Waals surface area contributed by atoms with E-state index in [4.69, 9.17) is 32.7 Å². The van der Waals surface area contributed by atoms with Gasteiger partial charge in [0.05, 0.1) is 29.6 Å². The molecule has 7 heteroatoms. The summed E-state index contributed by atoms with van der Waals surface area (Å²) in [4.78, 5) is 14.4. The number of benzene rings is 2. The highest BCUT2D eigenvalue weighted by atomic mass is 35.5. The van der Waals surface area contributed by atoms with Crippen LogP contribution in [0.1, 0.15) is 0 Å². The number of para-hydroxylation sites is 2. The molecule has 1 N–H and O–H groups in total. The van der Waals surface area contributed by atoms with Gasteiger partial charge in [0.25, 0.3) is 5.91 Å². The molecule has 25 heavy (non-hydrogen) atoms. The van der Waals surface area contributed by atoms with Crippen molar-refractivity contribution in [1.29, 1.82) is 0 Å². The monoisotopic (exact) mass is 380 g/mol. The molecule has 0 unspecified atom stereocenters. The van der Waals surface area contributed by atoms with E-state index in [1.165, 1.54) is 0 Å². The first-order valence-corrected chi connectivity index (χ1v) is 8.68. The van der Waals surface area contributed by atoms with Crippen molar-refractivity contribution in [3.05, 3.63) is 52.5 Å². The second-order valence-electron chi connectivity index (χ2n) is 5.53. The summed E-state index contributed by atoms with van der Waals surface area (Å²) in [5.74, 6) is 0.113. The Bertz CT molecular complexity index is 749. The number of carbonyl (C=O) groups excluding carboxylic acids is 1. The second-order valence-corrected chi connectivity index (χ2v) is 6.37. The quantitative estimate of drug-likeness (QED) is 0.855. The van der Waals surface area contributed by atoms with Crippen molar-refractivity contribution in [3.63, 3.8) is 0 Å². The molecule has 2 aromatic rings. The molecule has 1 aliphatic rings. The van der Waals surface area contributed by atoms with Gasteiger partial charge in [0.15, 0.2) is 6.61 Å². The molecule has 1 heterocycles. The maximum absolute atomic E-state index is 12.3. The summed E-state index contributed by atoms with van der Waals surface area (Å²) < 4.78 is 10.9. The highest BCUT2D eigenvalue weighted by Crippen LogP contribution is 2.28.